The van der Waals surface area contributed by atoms with Gasteiger partial charge in [0.15, 0.2) is 0 Å². The summed E-state index contributed by atoms with van der Waals surface area (Å²) >= 11 is 0. The van der Waals surface area contributed by atoms with Gasteiger partial charge in [-0.2, -0.15) is 0 Å². The molecule has 1 radical (unpaired) electrons. The first-order valence-corrected chi connectivity index (χ1v) is 6.31. The Hall–Kier alpha value is -1.74. The fourth-order valence-electron chi connectivity index (χ4n) is 2.39. The molecule has 0 saturated carbocycles. The summed E-state index contributed by atoms with van der Waals surface area (Å²) in [5.41, 5.74) is 2.06. The van der Waals surface area contributed by atoms with Crippen LogP contribution in [0.2, 0.25) is 0 Å². The predicted octanol–water partition coefficient (Wildman–Crippen LogP) is 3.57. The number of rotatable bonds is 3. The Kier molecular flexibility index (Phi) is 3.30. The SMILES string of the molecule is Fc1ccc(C(c2ccc(F)cc2)N2C[CH]C2)cc1. The van der Waals surface area contributed by atoms with Crippen molar-refractivity contribution in [2.45, 2.75) is 6.04 Å². The molecule has 2 aromatic carbocycles. The number of likely N-dealkylation sites (tertiary alicyclic amines) is 1. The van der Waals surface area contributed by atoms with Gasteiger partial charge in [-0.3, -0.25) is 4.90 Å². The molecule has 0 unspecified atom stereocenters. The normalized spacial score (nSPS) is 15.5. The fourth-order valence-corrected chi connectivity index (χ4v) is 2.39. The van der Waals surface area contributed by atoms with Crippen LogP contribution in [0.15, 0.2) is 48.5 Å². The second-order valence-corrected chi connectivity index (χ2v) is 4.75. The zero-order chi connectivity index (χ0) is 13.2. The van der Waals surface area contributed by atoms with Crippen LogP contribution in [0.4, 0.5) is 8.78 Å². The van der Waals surface area contributed by atoms with Crippen LogP contribution in [0.25, 0.3) is 0 Å². The van der Waals surface area contributed by atoms with Crippen LogP contribution in [0.1, 0.15) is 17.2 Å². The molecule has 2 aromatic rings. The van der Waals surface area contributed by atoms with Crippen molar-refractivity contribution in [2.24, 2.45) is 0 Å². The summed E-state index contributed by atoms with van der Waals surface area (Å²) in [5, 5.41) is 0. The van der Waals surface area contributed by atoms with E-state index < -0.39 is 0 Å². The quantitative estimate of drug-likeness (QED) is 0.813. The van der Waals surface area contributed by atoms with Crippen LogP contribution in [-0.4, -0.2) is 18.0 Å². The molecule has 3 rings (SSSR count). The molecule has 3 heteroatoms. The number of hydrogen-bond acceptors (Lipinski definition) is 1. The second-order valence-electron chi connectivity index (χ2n) is 4.75. The highest BCUT2D eigenvalue weighted by molar-refractivity contribution is 5.33. The van der Waals surface area contributed by atoms with Crippen molar-refractivity contribution in [1.82, 2.24) is 4.90 Å². The lowest BCUT2D eigenvalue weighted by molar-refractivity contribution is 0.196. The van der Waals surface area contributed by atoms with Crippen molar-refractivity contribution >= 4 is 0 Å². The summed E-state index contributed by atoms with van der Waals surface area (Å²) in [4.78, 5) is 2.26. The van der Waals surface area contributed by atoms with Crippen LogP contribution in [-0.2, 0) is 0 Å². The molecule has 19 heavy (non-hydrogen) atoms. The molecule has 1 heterocycles. The van der Waals surface area contributed by atoms with Gasteiger partial charge in [0.2, 0.25) is 0 Å². The van der Waals surface area contributed by atoms with E-state index in [4.69, 9.17) is 0 Å². The standard InChI is InChI=1S/C16H14F2N/c17-14-6-2-12(3-7-14)16(19-10-1-11-19)13-4-8-15(18)9-5-13/h1-9,16H,10-11H2. The molecule has 0 aromatic heterocycles. The molecule has 0 N–H and O–H groups in total. The van der Waals surface area contributed by atoms with Crippen LogP contribution in [0.3, 0.4) is 0 Å². The molecular formula is C16H14F2N. The monoisotopic (exact) mass is 258 g/mol. The maximum Gasteiger partial charge on any atom is 0.123 e. The Balaban J connectivity index is 1.97. The minimum Gasteiger partial charge on any atom is -0.292 e. The Morgan fingerprint density at radius 1 is 0.737 bits per heavy atom. The van der Waals surface area contributed by atoms with E-state index in [0.29, 0.717) is 0 Å². The molecule has 1 fully saturated rings. The van der Waals surface area contributed by atoms with Gasteiger partial charge in [-0.1, -0.05) is 24.3 Å². The van der Waals surface area contributed by atoms with Crippen LogP contribution in [0, 0.1) is 18.1 Å². The number of nitrogens with zero attached hydrogens (tertiary/aromatic N) is 1. The van der Waals surface area contributed by atoms with Gasteiger partial charge in [-0.25, -0.2) is 8.78 Å². The molecular weight excluding hydrogens is 244 g/mol. The van der Waals surface area contributed by atoms with E-state index in [1.807, 2.05) is 0 Å². The largest absolute Gasteiger partial charge is 0.292 e. The van der Waals surface area contributed by atoms with E-state index in [-0.39, 0.29) is 17.7 Å². The molecule has 0 bridgehead atoms. The highest BCUT2D eigenvalue weighted by atomic mass is 19.1. The van der Waals surface area contributed by atoms with Crippen molar-refractivity contribution in [3.8, 4) is 0 Å². The lowest BCUT2D eigenvalue weighted by Crippen LogP contribution is -2.41. The Morgan fingerprint density at radius 3 is 1.47 bits per heavy atom. The number of benzene rings is 2. The number of hydrogen-bond donors (Lipinski definition) is 0. The summed E-state index contributed by atoms with van der Waals surface area (Å²) in [6.07, 6.45) is 2.18. The lowest BCUT2D eigenvalue weighted by Gasteiger charge is -2.38. The Bertz CT molecular complexity index is 498. The van der Waals surface area contributed by atoms with Crippen molar-refractivity contribution in [3.63, 3.8) is 0 Å². The van der Waals surface area contributed by atoms with Gasteiger partial charge < -0.3 is 0 Å². The zero-order valence-corrected chi connectivity index (χ0v) is 10.4. The molecule has 0 amide bonds. The van der Waals surface area contributed by atoms with Crippen LogP contribution in [0.5, 0.6) is 0 Å². The average molecular weight is 258 g/mol. The first kappa shape index (κ1) is 12.3. The summed E-state index contributed by atoms with van der Waals surface area (Å²) in [6.45, 7) is 1.80. The molecule has 1 aliphatic rings. The third-order valence-electron chi connectivity index (χ3n) is 3.46. The van der Waals surface area contributed by atoms with Crippen molar-refractivity contribution < 1.29 is 8.78 Å². The van der Waals surface area contributed by atoms with E-state index in [9.17, 15) is 8.78 Å². The fraction of sp³-hybridized carbons (Fsp3) is 0.188. The molecule has 0 atom stereocenters. The zero-order valence-electron chi connectivity index (χ0n) is 10.4. The van der Waals surface area contributed by atoms with E-state index in [0.717, 1.165) is 24.2 Å². The summed E-state index contributed by atoms with van der Waals surface area (Å²) in [7, 11) is 0. The molecule has 1 nitrogen and oxygen atoms in total. The highest BCUT2D eigenvalue weighted by Crippen LogP contribution is 2.31. The summed E-state index contributed by atoms with van der Waals surface area (Å²) in [5.74, 6) is -0.478. The molecule has 97 valence electrons. The maximum absolute atomic E-state index is 13.0. The van der Waals surface area contributed by atoms with Crippen LogP contribution < -0.4 is 0 Å². The van der Waals surface area contributed by atoms with Gasteiger partial charge in [0.1, 0.15) is 11.6 Å². The average Bonchev–Trinajstić information content (AvgIpc) is 2.36. The van der Waals surface area contributed by atoms with E-state index in [1.165, 1.54) is 24.3 Å². The van der Waals surface area contributed by atoms with Crippen molar-refractivity contribution in [1.29, 1.82) is 0 Å². The Labute approximate surface area is 111 Å². The number of halogens is 2. The van der Waals surface area contributed by atoms with Gasteiger partial charge in [0.25, 0.3) is 0 Å². The van der Waals surface area contributed by atoms with Gasteiger partial charge in [0, 0.05) is 13.1 Å². The van der Waals surface area contributed by atoms with E-state index >= 15 is 0 Å². The minimum atomic E-state index is -0.239. The molecule has 0 spiro atoms. The first-order valence-electron chi connectivity index (χ1n) is 6.31. The van der Waals surface area contributed by atoms with Gasteiger partial charge in [-0.15, -0.1) is 0 Å². The Morgan fingerprint density at radius 2 is 1.16 bits per heavy atom. The second kappa shape index (κ2) is 5.10. The van der Waals surface area contributed by atoms with E-state index in [2.05, 4.69) is 11.3 Å². The van der Waals surface area contributed by atoms with Crippen molar-refractivity contribution in [2.75, 3.05) is 13.1 Å². The first-order chi connectivity index (χ1) is 9.24. The minimum absolute atomic E-state index is 0.0613. The third kappa shape index (κ3) is 2.51. The van der Waals surface area contributed by atoms with Gasteiger partial charge in [-0.05, 0) is 41.8 Å². The topological polar surface area (TPSA) is 3.24 Å². The highest BCUT2D eigenvalue weighted by Gasteiger charge is 2.26. The third-order valence-corrected chi connectivity index (χ3v) is 3.46. The van der Waals surface area contributed by atoms with Gasteiger partial charge in [0.05, 0.1) is 6.04 Å². The smallest absolute Gasteiger partial charge is 0.123 e. The summed E-state index contributed by atoms with van der Waals surface area (Å²) < 4.78 is 26.1. The molecule has 1 saturated heterocycles. The summed E-state index contributed by atoms with van der Waals surface area (Å²) in [6, 6.07) is 13.1. The predicted molar refractivity (Wildman–Crippen MR) is 70.5 cm³/mol. The maximum atomic E-state index is 13.0. The van der Waals surface area contributed by atoms with Crippen LogP contribution >= 0.6 is 0 Å². The lowest BCUT2D eigenvalue weighted by atomic mass is 9.94. The molecule has 0 aliphatic carbocycles. The van der Waals surface area contributed by atoms with E-state index in [1.54, 1.807) is 24.3 Å². The van der Waals surface area contributed by atoms with Gasteiger partial charge >= 0.3 is 0 Å². The molecule has 1 aliphatic heterocycles. The van der Waals surface area contributed by atoms with Crippen molar-refractivity contribution in [3.05, 3.63) is 77.7 Å².